The van der Waals surface area contributed by atoms with Crippen LogP contribution in [0.1, 0.15) is 11.1 Å². The minimum Gasteiger partial charge on any atom is -0.507 e. The lowest BCUT2D eigenvalue weighted by Gasteiger charge is -2.10. The van der Waals surface area contributed by atoms with E-state index in [1.54, 1.807) is 75.2 Å². The van der Waals surface area contributed by atoms with Crippen LogP contribution < -0.4 is 9.47 Å². The zero-order chi connectivity index (χ0) is 19.9. The number of ether oxygens (including phenoxy) is 2. The summed E-state index contributed by atoms with van der Waals surface area (Å²) in [5.74, 6) is 1.28. The Labute approximate surface area is 163 Å². The van der Waals surface area contributed by atoms with Crippen molar-refractivity contribution in [3.63, 3.8) is 0 Å². The molecule has 0 heterocycles. The summed E-state index contributed by atoms with van der Waals surface area (Å²) in [7, 11) is 3.08. The van der Waals surface area contributed by atoms with E-state index in [2.05, 4.69) is 9.98 Å². The summed E-state index contributed by atoms with van der Waals surface area (Å²) >= 11 is 0. The van der Waals surface area contributed by atoms with E-state index < -0.39 is 0 Å². The molecule has 0 spiro atoms. The van der Waals surface area contributed by atoms with Crippen LogP contribution in [0, 0.1) is 0 Å². The van der Waals surface area contributed by atoms with Gasteiger partial charge >= 0.3 is 0 Å². The van der Waals surface area contributed by atoms with Crippen molar-refractivity contribution in [2.24, 2.45) is 9.98 Å². The van der Waals surface area contributed by atoms with Gasteiger partial charge in [-0.05, 0) is 24.3 Å². The van der Waals surface area contributed by atoms with Gasteiger partial charge in [0, 0.05) is 35.7 Å². The average Bonchev–Trinajstić information content (AvgIpc) is 2.72. The molecular weight excluding hydrogens is 356 g/mol. The highest BCUT2D eigenvalue weighted by Crippen LogP contribution is 2.39. The van der Waals surface area contributed by atoms with E-state index in [9.17, 15) is 10.2 Å². The maximum atomic E-state index is 9.93. The first kappa shape index (κ1) is 19.0. The quantitative estimate of drug-likeness (QED) is 0.615. The van der Waals surface area contributed by atoms with Crippen LogP contribution in [-0.4, -0.2) is 36.9 Å². The number of aromatic hydroxyl groups is 2. The highest BCUT2D eigenvalue weighted by molar-refractivity contribution is 5.90. The van der Waals surface area contributed by atoms with Gasteiger partial charge in [-0.15, -0.1) is 0 Å². The summed E-state index contributed by atoms with van der Waals surface area (Å²) in [6, 6.07) is 17.2. The number of nitrogens with zero attached hydrogens (tertiary/aromatic N) is 2. The van der Waals surface area contributed by atoms with Crippen LogP contribution in [-0.2, 0) is 0 Å². The molecule has 0 aliphatic carbocycles. The molecular formula is C22H20N2O4. The summed E-state index contributed by atoms with van der Waals surface area (Å²) < 4.78 is 10.7. The van der Waals surface area contributed by atoms with Crippen molar-refractivity contribution in [1.29, 1.82) is 0 Å². The molecule has 0 bridgehead atoms. The van der Waals surface area contributed by atoms with Crippen molar-refractivity contribution in [1.82, 2.24) is 0 Å². The number of aliphatic imine (C=N–C) groups is 2. The minimum absolute atomic E-state index is 0.131. The molecule has 2 N–H and O–H groups in total. The molecule has 0 amide bonds. The molecule has 0 aliphatic heterocycles. The van der Waals surface area contributed by atoms with E-state index in [1.165, 1.54) is 0 Å². The summed E-state index contributed by atoms with van der Waals surface area (Å²) in [6.07, 6.45) is 3.10. The molecule has 3 aromatic carbocycles. The Morgan fingerprint density at radius 2 is 1.07 bits per heavy atom. The number of phenolic OH excluding ortho intramolecular Hbond substituents is 2. The van der Waals surface area contributed by atoms with Crippen molar-refractivity contribution in [2.75, 3.05) is 14.2 Å². The predicted octanol–water partition coefficient (Wildman–Crippen LogP) is 4.62. The van der Waals surface area contributed by atoms with Gasteiger partial charge in [0.05, 0.1) is 25.6 Å². The molecule has 0 aliphatic rings. The highest BCUT2D eigenvalue weighted by Gasteiger charge is 2.10. The van der Waals surface area contributed by atoms with E-state index in [-0.39, 0.29) is 11.5 Å². The van der Waals surface area contributed by atoms with Gasteiger partial charge in [-0.3, -0.25) is 9.98 Å². The van der Waals surface area contributed by atoms with Gasteiger partial charge < -0.3 is 19.7 Å². The molecule has 0 unspecified atom stereocenters. The lowest BCUT2D eigenvalue weighted by Crippen LogP contribution is -1.91. The van der Waals surface area contributed by atoms with Crippen LogP contribution in [0.5, 0.6) is 23.0 Å². The maximum Gasteiger partial charge on any atom is 0.163 e. The fourth-order valence-corrected chi connectivity index (χ4v) is 2.54. The molecule has 28 heavy (non-hydrogen) atoms. The van der Waals surface area contributed by atoms with Crippen LogP contribution in [0.4, 0.5) is 11.4 Å². The maximum absolute atomic E-state index is 9.93. The Morgan fingerprint density at radius 3 is 1.43 bits per heavy atom. The monoisotopic (exact) mass is 376 g/mol. The van der Waals surface area contributed by atoms with Gasteiger partial charge in [0.15, 0.2) is 11.5 Å². The fraction of sp³-hybridized carbons (Fsp3) is 0.0909. The summed E-state index contributed by atoms with van der Waals surface area (Å²) in [4.78, 5) is 8.92. The van der Waals surface area contributed by atoms with Gasteiger partial charge in [-0.1, -0.05) is 24.3 Å². The van der Waals surface area contributed by atoms with Gasteiger partial charge in [0.2, 0.25) is 0 Å². The Bertz CT molecular complexity index is 946. The standard InChI is InChI=1S/C22H20N2O4/c1-27-21-11-17(23-13-15-7-3-5-9-19(15)25)18(12-22(21)28-2)24-14-16-8-4-6-10-20(16)26/h3-14,25-26H,1-2H3. The highest BCUT2D eigenvalue weighted by atomic mass is 16.5. The Morgan fingerprint density at radius 1 is 0.679 bits per heavy atom. The van der Waals surface area contributed by atoms with Crippen LogP contribution in [0.25, 0.3) is 0 Å². The van der Waals surface area contributed by atoms with Crippen molar-refractivity contribution in [2.45, 2.75) is 0 Å². The van der Waals surface area contributed by atoms with E-state index in [1.807, 2.05) is 12.1 Å². The SMILES string of the molecule is COc1cc(N=Cc2ccccc2O)c(N=Cc2ccccc2O)cc1OC. The number of para-hydroxylation sites is 2. The predicted molar refractivity (Wildman–Crippen MR) is 110 cm³/mol. The first-order valence-corrected chi connectivity index (χ1v) is 8.52. The Kier molecular flexibility index (Phi) is 5.91. The summed E-state index contributed by atoms with van der Waals surface area (Å²) in [5, 5.41) is 19.9. The second kappa shape index (κ2) is 8.73. The Hall–Kier alpha value is -3.80. The molecule has 3 aromatic rings. The number of phenols is 2. The fourth-order valence-electron chi connectivity index (χ4n) is 2.54. The van der Waals surface area contributed by atoms with Crippen LogP contribution in [0.3, 0.4) is 0 Å². The minimum atomic E-state index is 0.131. The molecule has 0 fully saturated rings. The number of methoxy groups -OCH3 is 2. The zero-order valence-corrected chi connectivity index (χ0v) is 15.5. The number of hydrogen-bond acceptors (Lipinski definition) is 6. The normalized spacial score (nSPS) is 11.2. The average molecular weight is 376 g/mol. The van der Waals surface area contributed by atoms with Gasteiger partial charge in [-0.2, -0.15) is 0 Å². The van der Waals surface area contributed by atoms with Gasteiger partial charge in [0.25, 0.3) is 0 Å². The van der Waals surface area contributed by atoms with Crippen molar-refractivity contribution < 1.29 is 19.7 Å². The van der Waals surface area contributed by atoms with Gasteiger partial charge in [-0.25, -0.2) is 0 Å². The lowest BCUT2D eigenvalue weighted by molar-refractivity contribution is 0.355. The molecule has 6 nitrogen and oxygen atoms in total. The van der Waals surface area contributed by atoms with Crippen LogP contribution in [0.2, 0.25) is 0 Å². The molecule has 3 rings (SSSR count). The van der Waals surface area contributed by atoms with Crippen molar-refractivity contribution in [3.8, 4) is 23.0 Å². The zero-order valence-electron chi connectivity index (χ0n) is 15.5. The van der Waals surface area contributed by atoms with Gasteiger partial charge in [0.1, 0.15) is 11.5 Å². The second-order valence-corrected chi connectivity index (χ2v) is 5.83. The number of benzene rings is 3. The van der Waals surface area contributed by atoms with Crippen molar-refractivity contribution >= 4 is 23.8 Å². The third-order valence-electron chi connectivity index (χ3n) is 4.04. The first-order valence-electron chi connectivity index (χ1n) is 8.52. The topological polar surface area (TPSA) is 83.6 Å². The van der Waals surface area contributed by atoms with Crippen molar-refractivity contribution in [3.05, 3.63) is 71.8 Å². The number of rotatable bonds is 6. The molecule has 0 atom stereocenters. The molecule has 142 valence electrons. The molecule has 0 saturated carbocycles. The van der Waals surface area contributed by atoms with E-state index in [4.69, 9.17) is 9.47 Å². The van der Waals surface area contributed by atoms with Crippen LogP contribution in [0.15, 0.2) is 70.6 Å². The Balaban J connectivity index is 2.04. The van der Waals surface area contributed by atoms with E-state index in [0.717, 1.165) is 0 Å². The molecule has 6 heteroatoms. The smallest absolute Gasteiger partial charge is 0.163 e. The third kappa shape index (κ3) is 4.29. The molecule has 0 radical (unpaired) electrons. The largest absolute Gasteiger partial charge is 0.507 e. The van der Waals surface area contributed by atoms with E-state index in [0.29, 0.717) is 34.0 Å². The van der Waals surface area contributed by atoms with E-state index >= 15 is 0 Å². The molecule has 0 saturated heterocycles. The second-order valence-electron chi connectivity index (χ2n) is 5.83. The lowest BCUT2D eigenvalue weighted by atomic mass is 10.2. The third-order valence-corrected chi connectivity index (χ3v) is 4.04. The number of hydrogen-bond donors (Lipinski definition) is 2. The summed E-state index contributed by atoms with van der Waals surface area (Å²) in [5.41, 5.74) is 2.20. The first-order chi connectivity index (χ1) is 13.6. The van der Waals surface area contributed by atoms with Crippen LogP contribution >= 0.6 is 0 Å². The summed E-state index contributed by atoms with van der Waals surface area (Å²) in [6.45, 7) is 0. The molecule has 0 aromatic heterocycles.